The SMILES string of the molecule is O=C(NCc1ccc(C(=O)O)o1)c1ccnc(OC2CCCCC2)c1. The molecule has 25 heavy (non-hydrogen) atoms. The maximum atomic E-state index is 12.3. The van der Waals surface area contributed by atoms with Crippen molar-refractivity contribution in [1.82, 2.24) is 10.3 Å². The third-order valence-corrected chi connectivity index (χ3v) is 4.13. The lowest BCUT2D eigenvalue weighted by atomic mass is 9.98. The van der Waals surface area contributed by atoms with Crippen LogP contribution in [0, 0.1) is 0 Å². The van der Waals surface area contributed by atoms with Crippen molar-refractivity contribution in [3.63, 3.8) is 0 Å². The normalized spacial score (nSPS) is 14.9. The summed E-state index contributed by atoms with van der Waals surface area (Å²) in [5, 5.41) is 11.5. The number of furan rings is 1. The molecular formula is C18H20N2O5. The molecule has 7 nitrogen and oxygen atoms in total. The number of carboxylic acids is 1. The number of aromatic nitrogens is 1. The zero-order valence-electron chi connectivity index (χ0n) is 13.7. The van der Waals surface area contributed by atoms with E-state index in [1.165, 1.54) is 18.6 Å². The van der Waals surface area contributed by atoms with E-state index in [2.05, 4.69) is 10.3 Å². The average Bonchev–Trinajstić information content (AvgIpc) is 3.10. The maximum absolute atomic E-state index is 12.3. The minimum atomic E-state index is -1.14. The van der Waals surface area contributed by atoms with Crippen LogP contribution in [0.4, 0.5) is 0 Å². The molecular weight excluding hydrogens is 324 g/mol. The standard InChI is InChI=1S/C18H20N2O5/c21-17(20-11-14-6-7-15(24-14)18(22)23)12-8-9-19-16(10-12)25-13-4-2-1-3-5-13/h6-10,13H,1-5,11H2,(H,20,21)(H,22,23). The van der Waals surface area contributed by atoms with Gasteiger partial charge in [-0.15, -0.1) is 0 Å². The van der Waals surface area contributed by atoms with Gasteiger partial charge in [-0.3, -0.25) is 4.79 Å². The first-order valence-electron chi connectivity index (χ1n) is 8.35. The quantitative estimate of drug-likeness (QED) is 0.835. The van der Waals surface area contributed by atoms with Gasteiger partial charge in [0.15, 0.2) is 0 Å². The number of pyridine rings is 1. The Labute approximate surface area is 145 Å². The van der Waals surface area contributed by atoms with Gasteiger partial charge in [0.2, 0.25) is 11.6 Å². The average molecular weight is 344 g/mol. The molecule has 132 valence electrons. The van der Waals surface area contributed by atoms with Crippen molar-refractivity contribution in [3.05, 3.63) is 47.5 Å². The Morgan fingerprint density at radius 1 is 1.24 bits per heavy atom. The van der Waals surface area contributed by atoms with Crippen molar-refractivity contribution in [3.8, 4) is 5.88 Å². The van der Waals surface area contributed by atoms with Gasteiger partial charge in [0, 0.05) is 17.8 Å². The van der Waals surface area contributed by atoms with Gasteiger partial charge in [-0.1, -0.05) is 6.42 Å². The molecule has 0 spiro atoms. The van der Waals surface area contributed by atoms with Crippen LogP contribution in [-0.2, 0) is 6.54 Å². The highest BCUT2D eigenvalue weighted by molar-refractivity contribution is 5.94. The van der Waals surface area contributed by atoms with Crippen LogP contribution >= 0.6 is 0 Å². The predicted molar refractivity (Wildman–Crippen MR) is 88.6 cm³/mol. The third-order valence-electron chi connectivity index (χ3n) is 4.13. The third kappa shape index (κ3) is 4.59. The molecule has 1 aliphatic carbocycles. The summed E-state index contributed by atoms with van der Waals surface area (Å²) in [4.78, 5) is 27.2. The van der Waals surface area contributed by atoms with Crippen LogP contribution in [0.2, 0.25) is 0 Å². The molecule has 0 atom stereocenters. The van der Waals surface area contributed by atoms with Crippen LogP contribution < -0.4 is 10.1 Å². The number of carboxylic acid groups (broad SMARTS) is 1. The van der Waals surface area contributed by atoms with Gasteiger partial charge in [0.1, 0.15) is 11.9 Å². The number of ether oxygens (including phenoxy) is 1. The molecule has 3 rings (SSSR count). The van der Waals surface area contributed by atoms with E-state index in [9.17, 15) is 9.59 Å². The first-order chi connectivity index (χ1) is 12.1. The Bertz CT molecular complexity index is 749. The Morgan fingerprint density at radius 2 is 2.04 bits per heavy atom. The van der Waals surface area contributed by atoms with Crippen LogP contribution in [0.3, 0.4) is 0 Å². The second-order valence-corrected chi connectivity index (χ2v) is 6.01. The van der Waals surface area contributed by atoms with Crippen molar-refractivity contribution in [1.29, 1.82) is 0 Å². The van der Waals surface area contributed by atoms with E-state index in [4.69, 9.17) is 14.3 Å². The van der Waals surface area contributed by atoms with E-state index in [0.29, 0.717) is 17.2 Å². The molecule has 2 N–H and O–H groups in total. The Balaban J connectivity index is 1.57. The van der Waals surface area contributed by atoms with Crippen molar-refractivity contribution in [2.75, 3.05) is 0 Å². The predicted octanol–water partition coefficient (Wildman–Crippen LogP) is 3.01. The Morgan fingerprint density at radius 3 is 2.76 bits per heavy atom. The van der Waals surface area contributed by atoms with Crippen LogP contribution in [0.15, 0.2) is 34.9 Å². The smallest absolute Gasteiger partial charge is 0.371 e. The number of carbonyl (C=O) groups excluding carboxylic acids is 1. The number of nitrogens with zero attached hydrogens (tertiary/aromatic N) is 1. The Kier molecular flexibility index (Phi) is 5.33. The second kappa shape index (κ2) is 7.83. The van der Waals surface area contributed by atoms with E-state index in [1.54, 1.807) is 18.3 Å². The lowest BCUT2D eigenvalue weighted by Gasteiger charge is -2.22. The van der Waals surface area contributed by atoms with Crippen LogP contribution in [0.5, 0.6) is 5.88 Å². The molecule has 1 fully saturated rings. The molecule has 1 saturated carbocycles. The number of rotatable bonds is 6. The first kappa shape index (κ1) is 17.0. The lowest BCUT2D eigenvalue weighted by Crippen LogP contribution is -2.23. The van der Waals surface area contributed by atoms with E-state index in [-0.39, 0.29) is 24.3 Å². The van der Waals surface area contributed by atoms with Crippen LogP contribution in [-0.4, -0.2) is 28.1 Å². The summed E-state index contributed by atoms with van der Waals surface area (Å²) in [7, 11) is 0. The molecule has 0 saturated heterocycles. The molecule has 2 aromatic heterocycles. The number of aromatic carboxylic acids is 1. The van der Waals surface area contributed by atoms with Gasteiger partial charge < -0.3 is 19.6 Å². The summed E-state index contributed by atoms with van der Waals surface area (Å²) < 4.78 is 11.0. The molecule has 0 aliphatic heterocycles. The second-order valence-electron chi connectivity index (χ2n) is 6.01. The van der Waals surface area contributed by atoms with Gasteiger partial charge >= 0.3 is 5.97 Å². The highest BCUT2D eigenvalue weighted by atomic mass is 16.5. The molecule has 0 bridgehead atoms. The fraction of sp³-hybridized carbons (Fsp3) is 0.389. The molecule has 2 heterocycles. The minimum Gasteiger partial charge on any atom is -0.475 e. The van der Waals surface area contributed by atoms with Crippen molar-refractivity contribution in [2.45, 2.75) is 44.8 Å². The summed E-state index contributed by atoms with van der Waals surface area (Å²) in [6.07, 6.45) is 7.30. The fourth-order valence-corrected chi connectivity index (χ4v) is 2.83. The van der Waals surface area contributed by atoms with Crippen molar-refractivity contribution in [2.24, 2.45) is 0 Å². The first-order valence-corrected chi connectivity index (χ1v) is 8.35. The minimum absolute atomic E-state index is 0.104. The van der Waals surface area contributed by atoms with Gasteiger partial charge in [0.25, 0.3) is 5.91 Å². The summed E-state index contributed by atoms with van der Waals surface area (Å²) in [6.45, 7) is 0.104. The molecule has 1 amide bonds. The van der Waals surface area contributed by atoms with Crippen LogP contribution in [0.1, 0.15) is 58.8 Å². The summed E-state index contributed by atoms with van der Waals surface area (Å²) in [5.41, 5.74) is 0.436. The summed E-state index contributed by atoms with van der Waals surface area (Å²) in [6, 6.07) is 6.10. The zero-order chi connectivity index (χ0) is 17.6. The van der Waals surface area contributed by atoms with Gasteiger partial charge in [-0.25, -0.2) is 9.78 Å². The maximum Gasteiger partial charge on any atom is 0.371 e. The largest absolute Gasteiger partial charge is 0.475 e. The molecule has 1 aliphatic rings. The Hall–Kier alpha value is -2.83. The number of nitrogens with one attached hydrogen (secondary N) is 1. The van der Waals surface area contributed by atoms with Crippen molar-refractivity contribution >= 4 is 11.9 Å². The number of hydrogen-bond donors (Lipinski definition) is 2. The number of hydrogen-bond acceptors (Lipinski definition) is 5. The summed E-state index contributed by atoms with van der Waals surface area (Å²) >= 11 is 0. The topological polar surface area (TPSA) is 102 Å². The summed E-state index contributed by atoms with van der Waals surface area (Å²) in [5.74, 6) is -0.777. The van der Waals surface area contributed by atoms with E-state index < -0.39 is 5.97 Å². The zero-order valence-corrected chi connectivity index (χ0v) is 13.7. The number of carbonyl (C=O) groups is 2. The van der Waals surface area contributed by atoms with Gasteiger partial charge in [-0.05, 0) is 43.9 Å². The molecule has 0 radical (unpaired) electrons. The van der Waals surface area contributed by atoms with Crippen molar-refractivity contribution < 1.29 is 23.8 Å². The van der Waals surface area contributed by atoms with Gasteiger partial charge in [-0.2, -0.15) is 0 Å². The molecule has 2 aromatic rings. The number of amides is 1. The van der Waals surface area contributed by atoms with E-state index in [0.717, 1.165) is 25.7 Å². The molecule has 7 heteroatoms. The van der Waals surface area contributed by atoms with Crippen LogP contribution in [0.25, 0.3) is 0 Å². The lowest BCUT2D eigenvalue weighted by molar-refractivity contribution is 0.0660. The highest BCUT2D eigenvalue weighted by Gasteiger charge is 2.16. The van der Waals surface area contributed by atoms with E-state index >= 15 is 0 Å². The molecule has 0 aromatic carbocycles. The highest BCUT2D eigenvalue weighted by Crippen LogP contribution is 2.22. The molecule has 0 unspecified atom stereocenters. The van der Waals surface area contributed by atoms with Gasteiger partial charge in [0.05, 0.1) is 6.54 Å². The van der Waals surface area contributed by atoms with E-state index in [1.807, 2.05) is 0 Å². The fourth-order valence-electron chi connectivity index (χ4n) is 2.83. The monoisotopic (exact) mass is 344 g/mol.